The zero-order valence-corrected chi connectivity index (χ0v) is 13.1. The third-order valence-electron chi connectivity index (χ3n) is 3.73. The van der Waals surface area contributed by atoms with E-state index in [9.17, 15) is 0 Å². The van der Waals surface area contributed by atoms with Gasteiger partial charge in [0.25, 0.3) is 0 Å². The van der Waals surface area contributed by atoms with Crippen molar-refractivity contribution in [2.45, 2.75) is 33.7 Å². The summed E-state index contributed by atoms with van der Waals surface area (Å²) < 4.78 is 0. The molecule has 0 aliphatic carbocycles. The lowest BCUT2D eigenvalue weighted by molar-refractivity contribution is 0.207. The first-order chi connectivity index (χ1) is 10.0. The van der Waals surface area contributed by atoms with Crippen molar-refractivity contribution in [3.05, 3.63) is 41.6 Å². The SMILES string of the molecule is Cc1cccc(-c2[nH]ncc2CNCC(C)(C)CCO)c1. The zero-order valence-electron chi connectivity index (χ0n) is 13.1. The molecule has 1 aromatic carbocycles. The Hall–Kier alpha value is -1.65. The van der Waals surface area contributed by atoms with E-state index < -0.39 is 0 Å². The van der Waals surface area contributed by atoms with E-state index in [1.54, 1.807) is 0 Å². The number of aryl methyl sites for hydroxylation is 1. The summed E-state index contributed by atoms with van der Waals surface area (Å²) in [6.07, 6.45) is 2.68. The van der Waals surface area contributed by atoms with Gasteiger partial charge in [0.15, 0.2) is 0 Å². The van der Waals surface area contributed by atoms with Gasteiger partial charge in [-0.3, -0.25) is 5.10 Å². The quantitative estimate of drug-likeness (QED) is 0.734. The second-order valence-electron chi connectivity index (χ2n) is 6.38. The minimum absolute atomic E-state index is 0.0992. The van der Waals surface area contributed by atoms with Gasteiger partial charge in [-0.1, -0.05) is 37.6 Å². The molecule has 4 heteroatoms. The van der Waals surface area contributed by atoms with Gasteiger partial charge in [0.2, 0.25) is 0 Å². The number of aliphatic hydroxyl groups is 1. The van der Waals surface area contributed by atoms with Gasteiger partial charge in [-0.2, -0.15) is 5.10 Å². The molecule has 0 unspecified atom stereocenters. The molecule has 3 N–H and O–H groups in total. The Morgan fingerprint density at radius 3 is 2.86 bits per heavy atom. The van der Waals surface area contributed by atoms with Crippen LogP contribution < -0.4 is 5.32 Å². The Kier molecular flexibility index (Phi) is 5.15. The first kappa shape index (κ1) is 15.7. The van der Waals surface area contributed by atoms with Crippen LogP contribution in [0, 0.1) is 12.3 Å². The van der Waals surface area contributed by atoms with Crippen LogP contribution in [0.4, 0.5) is 0 Å². The minimum Gasteiger partial charge on any atom is -0.396 e. The maximum atomic E-state index is 9.06. The number of aromatic nitrogens is 2. The lowest BCUT2D eigenvalue weighted by Crippen LogP contribution is -2.29. The fraction of sp³-hybridized carbons (Fsp3) is 0.471. The summed E-state index contributed by atoms with van der Waals surface area (Å²) in [5, 5.41) is 19.8. The van der Waals surface area contributed by atoms with E-state index in [4.69, 9.17) is 5.11 Å². The molecular weight excluding hydrogens is 262 g/mol. The molecule has 114 valence electrons. The Labute approximate surface area is 126 Å². The Bertz CT molecular complexity index is 575. The van der Waals surface area contributed by atoms with E-state index in [1.165, 1.54) is 16.7 Å². The summed E-state index contributed by atoms with van der Waals surface area (Å²) in [5.74, 6) is 0. The molecule has 0 aliphatic rings. The molecule has 0 bridgehead atoms. The van der Waals surface area contributed by atoms with Gasteiger partial charge in [-0.15, -0.1) is 0 Å². The lowest BCUT2D eigenvalue weighted by Gasteiger charge is -2.23. The summed E-state index contributed by atoms with van der Waals surface area (Å²) in [4.78, 5) is 0. The molecule has 4 nitrogen and oxygen atoms in total. The third-order valence-corrected chi connectivity index (χ3v) is 3.73. The van der Waals surface area contributed by atoms with E-state index >= 15 is 0 Å². The van der Waals surface area contributed by atoms with Crippen LogP contribution in [0.5, 0.6) is 0 Å². The van der Waals surface area contributed by atoms with E-state index in [0.29, 0.717) is 0 Å². The predicted molar refractivity (Wildman–Crippen MR) is 86.0 cm³/mol. The molecule has 2 rings (SSSR count). The number of nitrogens with one attached hydrogen (secondary N) is 2. The maximum absolute atomic E-state index is 9.06. The van der Waals surface area contributed by atoms with Crippen molar-refractivity contribution in [3.63, 3.8) is 0 Å². The highest BCUT2D eigenvalue weighted by atomic mass is 16.3. The van der Waals surface area contributed by atoms with E-state index in [2.05, 4.69) is 60.6 Å². The standard InChI is InChI=1S/C17H25N3O/c1-13-5-4-6-14(9-13)16-15(11-19-20-16)10-18-12-17(2,3)7-8-21/h4-6,9,11,18,21H,7-8,10,12H2,1-3H3,(H,19,20). The molecule has 2 aromatic rings. The number of aliphatic hydroxyl groups excluding tert-OH is 1. The van der Waals surface area contributed by atoms with Gasteiger partial charge >= 0.3 is 0 Å². The number of hydrogen-bond donors (Lipinski definition) is 3. The second-order valence-corrected chi connectivity index (χ2v) is 6.38. The molecule has 0 fully saturated rings. The summed E-state index contributed by atoms with van der Waals surface area (Å²) in [7, 11) is 0. The van der Waals surface area contributed by atoms with Crippen molar-refractivity contribution in [2.24, 2.45) is 5.41 Å². The van der Waals surface area contributed by atoms with Crippen LogP contribution in [0.25, 0.3) is 11.3 Å². The molecule has 0 saturated carbocycles. The predicted octanol–water partition coefficient (Wildman–Crippen LogP) is 2.88. The largest absolute Gasteiger partial charge is 0.396 e. The first-order valence-corrected chi connectivity index (χ1v) is 7.43. The van der Waals surface area contributed by atoms with Crippen LogP contribution in [-0.2, 0) is 6.54 Å². The number of nitrogens with zero attached hydrogens (tertiary/aromatic N) is 1. The smallest absolute Gasteiger partial charge is 0.0695 e. The molecule has 0 spiro atoms. The molecule has 21 heavy (non-hydrogen) atoms. The summed E-state index contributed by atoms with van der Waals surface area (Å²) in [6, 6.07) is 8.41. The minimum atomic E-state index is 0.0992. The van der Waals surface area contributed by atoms with E-state index in [-0.39, 0.29) is 12.0 Å². The zero-order chi connectivity index (χ0) is 15.3. The average molecular weight is 287 g/mol. The fourth-order valence-corrected chi connectivity index (χ4v) is 2.42. The van der Waals surface area contributed by atoms with Gasteiger partial charge in [0.1, 0.15) is 0 Å². The highest BCUT2D eigenvalue weighted by molar-refractivity contribution is 5.63. The van der Waals surface area contributed by atoms with Crippen LogP contribution in [0.3, 0.4) is 0 Å². The fourth-order valence-electron chi connectivity index (χ4n) is 2.42. The Balaban J connectivity index is 2.01. The van der Waals surface area contributed by atoms with Crippen molar-refractivity contribution in [1.82, 2.24) is 15.5 Å². The van der Waals surface area contributed by atoms with Crippen LogP contribution in [-0.4, -0.2) is 28.5 Å². The topological polar surface area (TPSA) is 60.9 Å². The molecule has 0 radical (unpaired) electrons. The van der Waals surface area contributed by atoms with Gasteiger partial charge in [0, 0.05) is 30.8 Å². The molecule has 1 heterocycles. The van der Waals surface area contributed by atoms with Crippen LogP contribution in [0.1, 0.15) is 31.4 Å². The van der Waals surface area contributed by atoms with Crippen LogP contribution in [0.15, 0.2) is 30.5 Å². The monoisotopic (exact) mass is 287 g/mol. The molecule has 0 atom stereocenters. The number of rotatable bonds is 7. The molecule has 0 amide bonds. The van der Waals surface area contributed by atoms with Crippen LogP contribution in [0.2, 0.25) is 0 Å². The molecular formula is C17H25N3O. The molecule has 0 aliphatic heterocycles. The summed E-state index contributed by atoms with van der Waals surface area (Å²) in [6.45, 7) is 8.28. The third kappa shape index (κ3) is 4.41. The van der Waals surface area contributed by atoms with Gasteiger partial charge in [-0.05, 0) is 24.8 Å². The number of aromatic amines is 1. The molecule has 0 saturated heterocycles. The van der Waals surface area contributed by atoms with Gasteiger partial charge in [-0.25, -0.2) is 0 Å². The van der Waals surface area contributed by atoms with E-state index in [0.717, 1.165) is 25.2 Å². The highest BCUT2D eigenvalue weighted by Gasteiger charge is 2.17. The highest BCUT2D eigenvalue weighted by Crippen LogP contribution is 2.23. The van der Waals surface area contributed by atoms with Gasteiger partial charge in [0.05, 0.1) is 11.9 Å². The number of hydrogen-bond acceptors (Lipinski definition) is 3. The summed E-state index contributed by atoms with van der Waals surface area (Å²) in [5.41, 5.74) is 4.75. The Morgan fingerprint density at radius 2 is 2.14 bits per heavy atom. The van der Waals surface area contributed by atoms with Crippen molar-refractivity contribution < 1.29 is 5.11 Å². The van der Waals surface area contributed by atoms with E-state index in [1.807, 2.05) is 6.20 Å². The lowest BCUT2D eigenvalue weighted by atomic mass is 9.90. The van der Waals surface area contributed by atoms with Crippen LogP contribution >= 0.6 is 0 Å². The van der Waals surface area contributed by atoms with Crippen molar-refractivity contribution in [1.29, 1.82) is 0 Å². The molecule has 1 aromatic heterocycles. The van der Waals surface area contributed by atoms with Crippen molar-refractivity contribution >= 4 is 0 Å². The van der Waals surface area contributed by atoms with Gasteiger partial charge < -0.3 is 10.4 Å². The first-order valence-electron chi connectivity index (χ1n) is 7.43. The average Bonchev–Trinajstić information content (AvgIpc) is 2.87. The van der Waals surface area contributed by atoms with Crippen molar-refractivity contribution in [3.8, 4) is 11.3 Å². The van der Waals surface area contributed by atoms with Crippen molar-refractivity contribution in [2.75, 3.05) is 13.2 Å². The Morgan fingerprint density at radius 1 is 1.33 bits per heavy atom. The normalized spacial score (nSPS) is 11.8. The number of benzene rings is 1. The second kappa shape index (κ2) is 6.87. The maximum Gasteiger partial charge on any atom is 0.0695 e. The number of H-pyrrole nitrogens is 1. The summed E-state index contributed by atoms with van der Waals surface area (Å²) >= 11 is 0.